The van der Waals surface area contributed by atoms with Crippen LogP contribution in [-0.4, -0.2) is 27.5 Å². The smallest absolute Gasteiger partial charge is 0.261 e. The van der Waals surface area contributed by atoms with E-state index in [0.29, 0.717) is 30.0 Å². The molecule has 162 valence electrons. The minimum absolute atomic E-state index is 0.188. The summed E-state index contributed by atoms with van der Waals surface area (Å²) in [5.41, 5.74) is 3.62. The highest BCUT2D eigenvalue weighted by Crippen LogP contribution is 2.21. The van der Waals surface area contributed by atoms with E-state index in [0.717, 1.165) is 16.9 Å². The van der Waals surface area contributed by atoms with Crippen LogP contribution < -0.4 is 14.8 Å². The third-order valence-electron chi connectivity index (χ3n) is 4.71. The number of anilines is 1. The summed E-state index contributed by atoms with van der Waals surface area (Å²) in [5.74, 6) is 0.513. The second kappa shape index (κ2) is 9.66. The molecular weight excluding hydrogens is 412 g/mol. The molecule has 0 aliphatic heterocycles. The first-order valence-corrected chi connectivity index (χ1v) is 11.4. The summed E-state index contributed by atoms with van der Waals surface area (Å²) < 4.78 is 33.4. The highest BCUT2D eigenvalue weighted by atomic mass is 32.2. The first-order valence-electron chi connectivity index (χ1n) is 9.92. The number of hydrogen-bond donors (Lipinski definition) is 2. The zero-order chi connectivity index (χ0) is 22.4. The highest BCUT2D eigenvalue weighted by molar-refractivity contribution is 7.92. The van der Waals surface area contributed by atoms with E-state index in [4.69, 9.17) is 4.74 Å². The lowest BCUT2D eigenvalue weighted by molar-refractivity contribution is 0.0947. The van der Waals surface area contributed by atoms with Gasteiger partial charge in [0.2, 0.25) is 0 Å². The van der Waals surface area contributed by atoms with Gasteiger partial charge in [0.15, 0.2) is 0 Å². The molecule has 0 atom stereocenters. The molecule has 0 unspecified atom stereocenters. The van der Waals surface area contributed by atoms with Gasteiger partial charge in [-0.25, -0.2) is 8.42 Å². The number of sulfonamides is 1. The minimum atomic E-state index is -3.70. The Morgan fingerprint density at radius 3 is 2.32 bits per heavy atom. The average molecular weight is 439 g/mol. The van der Waals surface area contributed by atoms with Gasteiger partial charge in [0.1, 0.15) is 12.4 Å². The molecule has 0 aliphatic carbocycles. The molecule has 0 aromatic heterocycles. The SMILES string of the molecule is Cc1ccc(S(=O)(=O)Nc2ccc(C(=O)NCCOc3cccc(C)c3)cc2C)cc1. The van der Waals surface area contributed by atoms with Crippen LogP contribution in [0.1, 0.15) is 27.0 Å². The van der Waals surface area contributed by atoms with Crippen molar-refractivity contribution in [2.24, 2.45) is 0 Å². The van der Waals surface area contributed by atoms with Crippen LogP contribution in [0.3, 0.4) is 0 Å². The summed E-state index contributed by atoms with van der Waals surface area (Å²) in [6.07, 6.45) is 0. The molecule has 0 radical (unpaired) electrons. The number of ether oxygens (including phenoxy) is 1. The van der Waals surface area contributed by atoms with E-state index in [2.05, 4.69) is 10.0 Å². The summed E-state index contributed by atoms with van der Waals surface area (Å²) in [4.78, 5) is 12.6. The van der Waals surface area contributed by atoms with Crippen LogP contribution in [0, 0.1) is 20.8 Å². The fourth-order valence-electron chi connectivity index (χ4n) is 2.98. The van der Waals surface area contributed by atoms with E-state index in [-0.39, 0.29) is 10.8 Å². The highest BCUT2D eigenvalue weighted by Gasteiger charge is 2.16. The van der Waals surface area contributed by atoms with Crippen LogP contribution in [-0.2, 0) is 10.0 Å². The monoisotopic (exact) mass is 438 g/mol. The quantitative estimate of drug-likeness (QED) is 0.516. The van der Waals surface area contributed by atoms with Gasteiger partial charge in [-0.2, -0.15) is 0 Å². The van der Waals surface area contributed by atoms with Gasteiger partial charge in [0.05, 0.1) is 17.1 Å². The largest absolute Gasteiger partial charge is 0.492 e. The van der Waals surface area contributed by atoms with Crippen molar-refractivity contribution in [2.75, 3.05) is 17.9 Å². The van der Waals surface area contributed by atoms with Crippen molar-refractivity contribution in [3.8, 4) is 5.75 Å². The lowest BCUT2D eigenvalue weighted by atomic mass is 10.1. The minimum Gasteiger partial charge on any atom is -0.492 e. The first-order chi connectivity index (χ1) is 14.7. The molecule has 3 aromatic rings. The molecule has 31 heavy (non-hydrogen) atoms. The van der Waals surface area contributed by atoms with Gasteiger partial charge in [0.25, 0.3) is 15.9 Å². The topological polar surface area (TPSA) is 84.5 Å². The molecular formula is C24H26N2O4S. The fraction of sp³-hybridized carbons (Fsp3) is 0.208. The van der Waals surface area contributed by atoms with Crippen molar-refractivity contribution in [1.29, 1.82) is 0 Å². The molecule has 0 fully saturated rings. The zero-order valence-electron chi connectivity index (χ0n) is 17.8. The van der Waals surface area contributed by atoms with Crippen molar-refractivity contribution in [3.63, 3.8) is 0 Å². The van der Waals surface area contributed by atoms with Crippen LogP contribution >= 0.6 is 0 Å². The third kappa shape index (κ3) is 6.08. The van der Waals surface area contributed by atoms with Gasteiger partial charge in [-0.3, -0.25) is 9.52 Å². The van der Waals surface area contributed by atoms with Gasteiger partial charge in [0, 0.05) is 5.56 Å². The molecule has 3 rings (SSSR count). The number of rotatable bonds is 8. The van der Waals surface area contributed by atoms with Gasteiger partial charge in [-0.15, -0.1) is 0 Å². The molecule has 0 heterocycles. The Labute approximate surface area is 183 Å². The first kappa shape index (κ1) is 22.4. The van der Waals surface area contributed by atoms with Gasteiger partial charge in [-0.05, 0) is 74.4 Å². The van der Waals surface area contributed by atoms with E-state index in [1.807, 2.05) is 38.1 Å². The Morgan fingerprint density at radius 1 is 0.903 bits per heavy atom. The lowest BCUT2D eigenvalue weighted by Crippen LogP contribution is -2.28. The molecule has 0 spiro atoms. The van der Waals surface area contributed by atoms with Crippen LogP contribution in [0.4, 0.5) is 5.69 Å². The maximum Gasteiger partial charge on any atom is 0.261 e. The van der Waals surface area contributed by atoms with E-state index in [9.17, 15) is 13.2 Å². The Hall–Kier alpha value is -3.32. The number of hydrogen-bond acceptors (Lipinski definition) is 4. The van der Waals surface area contributed by atoms with Gasteiger partial charge < -0.3 is 10.1 Å². The van der Waals surface area contributed by atoms with Crippen LogP contribution in [0.2, 0.25) is 0 Å². The number of benzene rings is 3. The Kier molecular flexibility index (Phi) is 6.97. The van der Waals surface area contributed by atoms with Gasteiger partial charge >= 0.3 is 0 Å². The molecule has 6 nitrogen and oxygen atoms in total. The standard InChI is InChI=1S/C24H26N2O4S/c1-17-7-10-22(11-8-17)31(28,29)26-23-12-9-20(16-19(23)3)24(27)25-13-14-30-21-6-4-5-18(2)15-21/h4-12,15-16,26H,13-14H2,1-3H3,(H,25,27). The van der Waals surface area contributed by atoms with E-state index in [1.165, 1.54) is 0 Å². The number of aryl methyl sites for hydroxylation is 3. The molecule has 0 saturated heterocycles. The maximum atomic E-state index is 12.6. The van der Waals surface area contributed by atoms with E-state index < -0.39 is 10.0 Å². The van der Waals surface area contributed by atoms with Crippen molar-refractivity contribution < 1.29 is 17.9 Å². The number of carbonyl (C=O) groups is 1. The van der Waals surface area contributed by atoms with Gasteiger partial charge in [-0.1, -0.05) is 29.8 Å². The molecule has 2 N–H and O–H groups in total. The fourth-order valence-corrected chi connectivity index (χ4v) is 4.11. The summed E-state index contributed by atoms with van der Waals surface area (Å²) in [7, 11) is -3.70. The molecule has 3 aromatic carbocycles. The lowest BCUT2D eigenvalue weighted by Gasteiger charge is -2.13. The second-order valence-corrected chi connectivity index (χ2v) is 9.05. The molecule has 0 bridgehead atoms. The summed E-state index contributed by atoms with van der Waals surface area (Å²) in [6.45, 7) is 6.34. The predicted molar refractivity (Wildman–Crippen MR) is 122 cm³/mol. The summed E-state index contributed by atoms with van der Waals surface area (Å²) in [6, 6.07) is 19.2. The molecule has 1 amide bonds. The van der Waals surface area contributed by atoms with Crippen LogP contribution in [0.25, 0.3) is 0 Å². The second-order valence-electron chi connectivity index (χ2n) is 7.37. The molecule has 0 aliphatic rings. The summed E-state index contributed by atoms with van der Waals surface area (Å²) in [5, 5.41) is 2.81. The third-order valence-corrected chi connectivity index (χ3v) is 6.09. The molecule has 0 saturated carbocycles. The number of nitrogens with one attached hydrogen (secondary N) is 2. The Morgan fingerprint density at radius 2 is 1.65 bits per heavy atom. The predicted octanol–water partition coefficient (Wildman–Crippen LogP) is 4.22. The van der Waals surface area contributed by atoms with Crippen molar-refractivity contribution in [3.05, 3.63) is 89.0 Å². The van der Waals surface area contributed by atoms with Crippen LogP contribution in [0.15, 0.2) is 71.6 Å². The van der Waals surface area contributed by atoms with E-state index in [1.54, 1.807) is 49.4 Å². The van der Waals surface area contributed by atoms with Crippen LogP contribution in [0.5, 0.6) is 5.75 Å². The Balaban J connectivity index is 1.58. The summed E-state index contributed by atoms with van der Waals surface area (Å²) >= 11 is 0. The van der Waals surface area contributed by atoms with Crippen molar-refractivity contribution in [2.45, 2.75) is 25.7 Å². The zero-order valence-corrected chi connectivity index (χ0v) is 18.6. The average Bonchev–Trinajstić information content (AvgIpc) is 2.73. The Bertz CT molecular complexity index is 1170. The maximum absolute atomic E-state index is 12.6. The molecule has 7 heteroatoms. The van der Waals surface area contributed by atoms with Crippen molar-refractivity contribution >= 4 is 21.6 Å². The number of carbonyl (C=O) groups excluding carboxylic acids is 1. The van der Waals surface area contributed by atoms with Crippen molar-refractivity contribution in [1.82, 2.24) is 5.32 Å². The number of amides is 1. The normalized spacial score (nSPS) is 11.1. The van der Waals surface area contributed by atoms with E-state index >= 15 is 0 Å².